The molecule has 2 aliphatic rings. The zero-order valence-electron chi connectivity index (χ0n) is 21.8. The van der Waals surface area contributed by atoms with Crippen LogP contribution in [0, 0.1) is 17.1 Å². The maximum absolute atomic E-state index is 15.3. The van der Waals surface area contributed by atoms with Gasteiger partial charge < -0.3 is 23.9 Å². The summed E-state index contributed by atoms with van der Waals surface area (Å²) in [6, 6.07) is 15.4. The molecular weight excluding hydrogens is 513 g/mol. The van der Waals surface area contributed by atoms with E-state index in [-0.39, 0.29) is 28.9 Å². The molecule has 0 spiro atoms. The molecule has 2 saturated heterocycles. The molecule has 2 aromatic heterocycles. The molecule has 4 aromatic rings. The van der Waals surface area contributed by atoms with Crippen molar-refractivity contribution in [3.8, 4) is 34.3 Å². The summed E-state index contributed by atoms with van der Waals surface area (Å²) in [7, 11) is 0. The number of aliphatic hydroxyl groups is 1. The number of carbonyl (C=O) groups excluding carboxylic acids is 1. The lowest BCUT2D eigenvalue weighted by Crippen LogP contribution is -2.40. The molecule has 0 atom stereocenters. The van der Waals surface area contributed by atoms with Gasteiger partial charge in [0.05, 0.1) is 30.4 Å². The van der Waals surface area contributed by atoms with E-state index in [9.17, 15) is 15.2 Å². The molecule has 2 aromatic carbocycles. The Bertz CT molecular complexity index is 1600. The average Bonchev–Trinajstić information content (AvgIpc) is 3.42. The fourth-order valence-corrected chi connectivity index (χ4v) is 5.26. The van der Waals surface area contributed by atoms with Crippen molar-refractivity contribution in [2.24, 2.45) is 0 Å². The van der Waals surface area contributed by atoms with E-state index < -0.39 is 11.9 Å². The van der Waals surface area contributed by atoms with Gasteiger partial charge in [0.25, 0.3) is 5.91 Å². The Kier molecular flexibility index (Phi) is 7.20. The third kappa shape index (κ3) is 5.16. The molecule has 6 rings (SSSR count). The number of halogens is 1. The number of piperidine rings is 1. The molecule has 1 amide bonds. The summed E-state index contributed by atoms with van der Waals surface area (Å²) in [5, 5.41) is 19.5. The summed E-state index contributed by atoms with van der Waals surface area (Å²) >= 11 is 0. The summed E-state index contributed by atoms with van der Waals surface area (Å²) in [5.74, 6) is -0.0260. The largest absolute Gasteiger partial charge is 0.489 e. The minimum atomic E-state index is -0.579. The van der Waals surface area contributed by atoms with E-state index in [1.807, 2.05) is 6.07 Å². The number of fused-ring (bicyclic) bond motifs is 1. The number of furan rings is 1. The fraction of sp³-hybridized carbons (Fsp3) is 0.323. The minimum absolute atomic E-state index is 0.0105. The molecule has 40 heavy (non-hydrogen) atoms. The van der Waals surface area contributed by atoms with Crippen LogP contribution in [0.5, 0.6) is 5.75 Å². The lowest BCUT2D eigenvalue weighted by Gasteiger charge is -2.29. The first-order valence-electron chi connectivity index (χ1n) is 13.4. The van der Waals surface area contributed by atoms with Crippen molar-refractivity contribution >= 4 is 17.0 Å². The van der Waals surface area contributed by atoms with Crippen molar-refractivity contribution in [1.82, 2.24) is 9.88 Å². The smallest absolute Gasteiger partial charge is 0.253 e. The van der Waals surface area contributed by atoms with E-state index in [0.29, 0.717) is 67.1 Å². The lowest BCUT2D eigenvalue weighted by molar-refractivity contribution is 0.0254. The normalized spacial score (nSPS) is 16.7. The maximum atomic E-state index is 15.3. The van der Waals surface area contributed by atoms with Crippen LogP contribution in [0.4, 0.5) is 4.39 Å². The van der Waals surface area contributed by atoms with Gasteiger partial charge in [0.15, 0.2) is 5.58 Å². The first-order chi connectivity index (χ1) is 19.5. The number of hydrogen-bond acceptors (Lipinski definition) is 7. The number of pyridine rings is 1. The second-order valence-electron chi connectivity index (χ2n) is 10.2. The van der Waals surface area contributed by atoms with Gasteiger partial charge in [-0.3, -0.25) is 9.78 Å². The van der Waals surface area contributed by atoms with Crippen LogP contribution in [0.1, 0.15) is 41.6 Å². The molecule has 2 fully saturated rings. The second-order valence-corrected chi connectivity index (χ2v) is 10.2. The number of carbonyl (C=O) groups is 1. The van der Waals surface area contributed by atoms with E-state index in [1.54, 1.807) is 41.4 Å². The highest BCUT2D eigenvalue weighted by atomic mass is 19.1. The third-order valence-corrected chi connectivity index (χ3v) is 7.52. The van der Waals surface area contributed by atoms with Gasteiger partial charge in [-0.2, -0.15) is 5.26 Å². The number of rotatable bonds is 5. The molecule has 4 heterocycles. The lowest BCUT2D eigenvalue weighted by atomic mass is 10.0. The predicted molar refractivity (Wildman–Crippen MR) is 145 cm³/mol. The monoisotopic (exact) mass is 541 g/mol. The van der Waals surface area contributed by atoms with Gasteiger partial charge in [-0.05, 0) is 54.8 Å². The molecule has 0 saturated carbocycles. The molecule has 0 aliphatic carbocycles. The number of nitrogens with zero attached hydrogens (tertiary/aromatic N) is 3. The van der Waals surface area contributed by atoms with E-state index in [4.69, 9.17) is 13.9 Å². The summed E-state index contributed by atoms with van der Waals surface area (Å²) in [4.78, 5) is 18.9. The number of hydrogen-bond donors (Lipinski definition) is 1. The molecular formula is C31H28FN3O5. The standard InChI is InChI=1S/C31H28FN3O5/c32-26-16-20(31(37)35-11-6-22(36)7-12-35)1-3-25(26)29-17-27-30(40-29)24(5-10-34-27)19-2-4-28(21(15-19)18-33)39-23-8-13-38-14-9-23/h1-5,10,15-17,22-23,36H,6-9,11-14H2. The van der Waals surface area contributed by atoms with E-state index >= 15 is 4.39 Å². The Morgan fingerprint density at radius 3 is 2.60 bits per heavy atom. The number of amides is 1. The van der Waals surface area contributed by atoms with Crippen molar-refractivity contribution < 1.29 is 28.2 Å². The number of aromatic nitrogens is 1. The number of nitriles is 1. The van der Waals surface area contributed by atoms with Crippen molar-refractivity contribution in [2.75, 3.05) is 26.3 Å². The van der Waals surface area contributed by atoms with Crippen molar-refractivity contribution in [3.63, 3.8) is 0 Å². The van der Waals surface area contributed by atoms with Gasteiger partial charge in [0.1, 0.15) is 35.0 Å². The van der Waals surface area contributed by atoms with Gasteiger partial charge in [0, 0.05) is 49.3 Å². The van der Waals surface area contributed by atoms with Crippen molar-refractivity contribution in [3.05, 3.63) is 71.7 Å². The molecule has 0 unspecified atom stereocenters. The number of ether oxygens (including phenoxy) is 2. The van der Waals surface area contributed by atoms with Gasteiger partial charge in [-0.15, -0.1) is 0 Å². The Hall–Kier alpha value is -4.26. The number of benzene rings is 2. The van der Waals surface area contributed by atoms with Crippen LogP contribution in [0.2, 0.25) is 0 Å². The van der Waals surface area contributed by atoms with E-state index in [2.05, 4.69) is 11.1 Å². The predicted octanol–water partition coefficient (Wildman–Crippen LogP) is 5.33. The molecule has 0 radical (unpaired) electrons. The highest BCUT2D eigenvalue weighted by molar-refractivity contribution is 5.95. The minimum Gasteiger partial charge on any atom is -0.489 e. The number of aliphatic hydroxyl groups excluding tert-OH is 1. The van der Waals surface area contributed by atoms with Crippen molar-refractivity contribution in [1.29, 1.82) is 5.26 Å². The van der Waals surface area contributed by atoms with Crippen LogP contribution in [0.15, 0.2) is 59.1 Å². The van der Waals surface area contributed by atoms with Crippen LogP contribution in [0.25, 0.3) is 33.6 Å². The van der Waals surface area contributed by atoms with E-state index in [0.717, 1.165) is 18.4 Å². The SMILES string of the molecule is N#Cc1cc(-c2ccnc3cc(-c4ccc(C(=O)N5CCC(O)CC5)cc4F)oc23)ccc1OC1CCOCC1. The first kappa shape index (κ1) is 26.0. The highest BCUT2D eigenvalue weighted by Gasteiger charge is 2.24. The van der Waals surface area contributed by atoms with Crippen LogP contribution in [-0.4, -0.2) is 59.4 Å². The molecule has 1 N–H and O–H groups in total. The second kappa shape index (κ2) is 11.1. The van der Waals surface area contributed by atoms with Gasteiger partial charge >= 0.3 is 0 Å². The van der Waals surface area contributed by atoms with Gasteiger partial charge in [0.2, 0.25) is 0 Å². The Balaban J connectivity index is 1.28. The first-order valence-corrected chi connectivity index (χ1v) is 13.4. The van der Waals surface area contributed by atoms with Crippen LogP contribution in [-0.2, 0) is 4.74 Å². The molecule has 9 heteroatoms. The topological polar surface area (TPSA) is 109 Å². The highest BCUT2D eigenvalue weighted by Crippen LogP contribution is 2.36. The van der Waals surface area contributed by atoms with E-state index in [1.165, 1.54) is 12.1 Å². The van der Waals surface area contributed by atoms with Crippen LogP contribution in [0.3, 0.4) is 0 Å². The third-order valence-electron chi connectivity index (χ3n) is 7.52. The Morgan fingerprint density at radius 1 is 1.05 bits per heavy atom. The summed E-state index contributed by atoms with van der Waals surface area (Å²) in [6.07, 6.45) is 3.84. The van der Waals surface area contributed by atoms with Crippen molar-refractivity contribution in [2.45, 2.75) is 37.9 Å². The molecule has 0 bridgehead atoms. The molecule has 204 valence electrons. The average molecular weight is 542 g/mol. The Morgan fingerprint density at radius 2 is 1.85 bits per heavy atom. The number of likely N-dealkylation sites (tertiary alicyclic amines) is 1. The molecule has 8 nitrogen and oxygen atoms in total. The summed E-state index contributed by atoms with van der Waals surface area (Å²) in [6.45, 7) is 2.17. The summed E-state index contributed by atoms with van der Waals surface area (Å²) in [5.41, 5.74) is 3.34. The zero-order valence-corrected chi connectivity index (χ0v) is 21.8. The Labute approximate surface area is 230 Å². The summed E-state index contributed by atoms with van der Waals surface area (Å²) < 4.78 is 32.9. The van der Waals surface area contributed by atoms with Crippen LogP contribution >= 0.6 is 0 Å². The van der Waals surface area contributed by atoms with Crippen LogP contribution < -0.4 is 4.74 Å². The zero-order chi connectivity index (χ0) is 27.6. The van der Waals surface area contributed by atoms with Gasteiger partial charge in [-0.1, -0.05) is 6.07 Å². The fourth-order valence-electron chi connectivity index (χ4n) is 5.26. The maximum Gasteiger partial charge on any atom is 0.253 e. The molecule has 2 aliphatic heterocycles. The quantitative estimate of drug-likeness (QED) is 0.364. The van der Waals surface area contributed by atoms with Gasteiger partial charge in [-0.25, -0.2) is 4.39 Å².